The highest BCUT2D eigenvalue weighted by atomic mass is 79.9. The average molecular weight is 487 g/mol. The number of allylic oxidation sites excluding steroid dienone is 1. The molecule has 0 amide bonds. The quantitative estimate of drug-likeness (QED) is 0.237. The largest absolute Gasteiger partial charge is 0.288 e. The summed E-state index contributed by atoms with van der Waals surface area (Å²) in [6.07, 6.45) is 3.42. The topological polar surface area (TPSA) is 51.2 Å². The van der Waals surface area contributed by atoms with E-state index in [2.05, 4.69) is 15.9 Å². The van der Waals surface area contributed by atoms with E-state index >= 15 is 0 Å². The molecule has 3 nitrogen and oxygen atoms in total. The van der Waals surface area contributed by atoms with Crippen molar-refractivity contribution in [3.63, 3.8) is 0 Å². The molecule has 0 fully saturated rings. The predicted molar refractivity (Wildman–Crippen MR) is 123 cm³/mol. The van der Waals surface area contributed by atoms with Crippen LogP contribution in [0, 0.1) is 6.92 Å². The van der Waals surface area contributed by atoms with Crippen LogP contribution in [0.3, 0.4) is 0 Å². The zero-order chi connectivity index (χ0) is 21.0. The summed E-state index contributed by atoms with van der Waals surface area (Å²) in [4.78, 5) is 14.1. The minimum absolute atomic E-state index is 0.0977. The average Bonchev–Trinajstić information content (AvgIpc) is 2.72. The monoisotopic (exact) mass is 486 g/mol. The molecule has 0 aromatic heterocycles. The molecule has 3 rings (SSSR count). The van der Waals surface area contributed by atoms with Gasteiger partial charge in [-0.15, -0.1) is 11.8 Å². The third-order valence-electron chi connectivity index (χ3n) is 4.36. The molecular formula is C23H19BrO3S2. The van der Waals surface area contributed by atoms with Crippen LogP contribution in [0.2, 0.25) is 0 Å². The van der Waals surface area contributed by atoms with Gasteiger partial charge in [0, 0.05) is 14.9 Å². The number of sulfone groups is 1. The van der Waals surface area contributed by atoms with Crippen molar-refractivity contribution in [1.29, 1.82) is 0 Å². The van der Waals surface area contributed by atoms with Crippen LogP contribution in [0.4, 0.5) is 0 Å². The Bertz CT molecular complexity index is 1150. The maximum atomic E-state index is 13.4. The molecule has 0 bridgehead atoms. The van der Waals surface area contributed by atoms with Gasteiger partial charge < -0.3 is 0 Å². The molecule has 29 heavy (non-hydrogen) atoms. The van der Waals surface area contributed by atoms with Gasteiger partial charge in [-0.2, -0.15) is 0 Å². The number of ketones is 1. The van der Waals surface area contributed by atoms with E-state index in [-0.39, 0.29) is 9.80 Å². The van der Waals surface area contributed by atoms with Crippen LogP contribution in [0.5, 0.6) is 0 Å². The van der Waals surface area contributed by atoms with Gasteiger partial charge in [0.15, 0.2) is 0 Å². The van der Waals surface area contributed by atoms with Crippen molar-refractivity contribution in [2.24, 2.45) is 0 Å². The molecule has 148 valence electrons. The number of halogens is 1. The Kier molecular flexibility index (Phi) is 6.77. The highest BCUT2D eigenvalue weighted by Crippen LogP contribution is 2.27. The van der Waals surface area contributed by atoms with E-state index in [9.17, 15) is 13.2 Å². The summed E-state index contributed by atoms with van der Waals surface area (Å²) in [5, 5.41) is 0. The minimum atomic E-state index is -3.99. The molecule has 0 unspecified atom stereocenters. The smallest absolute Gasteiger partial charge is 0.210 e. The third kappa shape index (κ3) is 5.07. The van der Waals surface area contributed by atoms with Crippen LogP contribution in [0.15, 0.2) is 92.0 Å². The number of hydrogen-bond donors (Lipinski definition) is 0. The van der Waals surface area contributed by atoms with Crippen molar-refractivity contribution < 1.29 is 13.2 Å². The lowest BCUT2D eigenvalue weighted by Gasteiger charge is -2.10. The van der Waals surface area contributed by atoms with Crippen molar-refractivity contribution in [2.45, 2.75) is 16.7 Å². The van der Waals surface area contributed by atoms with E-state index in [1.807, 2.05) is 37.4 Å². The molecule has 0 aliphatic carbocycles. The Labute approximate surface area is 183 Å². The molecule has 0 radical (unpaired) electrons. The lowest BCUT2D eigenvalue weighted by molar-refractivity contribution is 0.104. The zero-order valence-corrected chi connectivity index (χ0v) is 19.1. The van der Waals surface area contributed by atoms with Gasteiger partial charge in [-0.25, -0.2) is 8.42 Å². The molecule has 0 atom stereocenters. The first-order valence-electron chi connectivity index (χ1n) is 8.79. The number of thioether (sulfide) groups is 1. The number of aryl methyl sites for hydroxylation is 1. The second kappa shape index (κ2) is 9.11. The van der Waals surface area contributed by atoms with Gasteiger partial charge in [0.25, 0.3) is 0 Å². The fourth-order valence-electron chi connectivity index (χ4n) is 2.70. The predicted octanol–water partition coefficient (Wildman–Crippen LogP) is 6.18. The zero-order valence-electron chi connectivity index (χ0n) is 15.9. The van der Waals surface area contributed by atoms with Crippen LogP contribution in [-0.4, -0.2) is 20.5 Å². The first-order chi connectivity index (χ1) is 13.8. The normalized spacial score (nSPS) is 12.0. The Morgan fingerprint density at radius 3 is 2.03 bits per heavy atom. The van der Waals surface area contributed by atoms with E-state index in [0.717, 1.165) is 14.9 Å². The summed E-state index contributed by atoms with van der Waals surface area (Å²) in [7, 11) is -3.99. The van der Waals surface area contributed by atoms with Crippen LogP contribution in [0.1, 0.15) is 21.5 Å². The van der Waals surface area contributed by atoms with Gasteiger partial charge in [0.1, 0.15) is 4.91 Å². The van der Waals surface area contributed by atoms with Crippen LogP contribution in [0.25, 0.3) is 6.08 Å². The standard InChI is InChI=1S/C23H19BrO3S2/c1-16-3-13-21(14-4-16)29(26,27)22(15-17-5-11-20(28-2)12-6-17)23(25)18-7-9-19(24)10-8-18/h3-15H,1-2H3/b22-15+. The van der Waals surface area contributed by atoms with Gasteiger partial charge >= 0.3 is 0 Å². The summed E-state index contributed by atoms with van der Waals surface area (Å²) < 4.78 is 27.5. The second-order valence-corrected chi connectivity index (χ2v) is 10.1. The maximum absolute atomic E-state index is 13.4. The van der Waals surface area contributed by atoms with Gasteiger partial charge in [-0.3, -0.25) is 4.79 Å². The first kappa shape index (κ1) is 21.6. The number of carbonyl (C=O) groups is 1. The highest BCUT2D eigenvalue weighted by molar-refractivity contribution is 9.10. The number of Topliss-reactive ketones (excluding diaryl/α,β-unsaturated/α-hetero) is 1. The van der Waals surface area contributed by atoms with Crippen LogP contribution < -0.4 is 0 Å². The summed E-state index contributed by atoms with van der Waals surface area (Å²) >= 11 is 4.93. The lowest BCUT2D eigenvalue weighted by atomic mass is 10.1. The molecule has 0 spiro atoms. The molecule has 3 aromatic carbocycles. The Balaban J connectivity index is 2.14. The van der Waals surface area contributed by atoms with Gasteiger partial charge in [0.2, 0.25) is 15.6 Å². The fraction of sp³-hybridized carbons (Fsp3) is 0.0870. The minimum Gasteiger partial charge on any atom is -0.288 e. The van der Waals surface area contributed by atoms with Crippen LogP contribution >= 0.6 is 27.7 Å². The molecule has 0 aliphatic rings. The lowest BCUT2D eigenvalue weighted by Crippen LogP contribution is -2.14. The summed E-state index contributed by atoms with van der Waals surface area (Å²) in [6, 6.07) is 20.6. The Morgan fingerprint density at radius 1 is 0.897 bits per heavy atom. The van der Waals surface area contributed by atoms with E-state index in [4.69, 9.17) is 0 Å². The summed E-state index contributed by atoms with van der Waals surface area (Å²) in [5.41, 5.74) is 1.91. The molecular weight excluding hydrogens is 468 g/mol. The van der Waals surface area contributed by atoms with E-state index in [0.29, 0.717) is 11.1 Å². The molecule has 3 aromatic rings. The summed E-state index contributed by atoms with van der Waals surface area (Å²) in [5.74, 6) is -0.535. The second-order valence-electron chi connectivity index (χ2n) is 6.43. The third-order valence-corrected chi connectivity index (χ3v) is 7.41. The SMILES string of the molecule is CSc1ccc(/C=C(\C(=O)c2ccc(Br)cc2)S(=O)(=O)c2ccc(C)cc2)cc1. The number of benzene rings is 3. The Hall–Kier alpha value is -2.15. The van der Waals surface area contributed by atoms with Crippen molar-refractivity contribution in [3.8, 4) is 0 Å². The van der Waals surface area contributed by atoms with E-state index in [1.54, 1.807) is 48.2 Å². The number of hydrogen-bond acceptors (Lipinski definition) is 4. The van der Waals surface area contributed by atoms with Crippen molar-refractivity contribution in [3.05, 3.63) is 98.9 Å². The highest BCUT2D eigenvalue weighted by Gasteiger charge is 2.28. The molecule has 6 heteroatoms. The van der Waals surface area contributed by atoms with Crippen molar-refractivity contribution in [2.75, 3.05) is 6.26 Å². The maximum Gasteiger partial charge on any atom is 0.210 e. The molecule has 0 saturated heterocycles. The van der Waals surface area contributed by atoms with E-state index < -0.39 is 15.6 Å². The number of carbonyl (C=O) groups excluding carboxylic acids is 1. The molecule has 0 heterocycles. The van der Waals surface area contributed by atoms with Crippen molar-refractivity contribution in [1.82, 2.24) is 0 Å². The molecule has 0 aliphatic heterocycles. The first-order valence-corrected chi connectivity index (χ1v) is 12.3. The molecule has 0 N–H and O–H groups in total. The fourth-order valence-corrected chi connectivity index (χ4v) is 4.78. The molecule has 0 saturated carbocycles. The van der Waals surface area contributed by atoms with Gasteiger partial charge in [-0.1, -0.05) is 45.8 Å². The van der Waals surface area contributed by atoms with Crippen molar-refractivity contribution >= 4 is 49.4 Å². The van der Waals surface area contributed by atoms with Gasteiger partial charge in [-0.05, 0) is 73.3 Å². The van der Waals surface area contributed by atoms with Crippen LogP contribution in [-0.2, 0) is 9.84 Å². The Morgan fingerprint density at radius 2 is 1.48 bits per heavy atom. The summed E-state index contributed by atoms with van der Waals surface area (Å²) in [6.45, 7) is 1.88. The number of rotatable bonds is 6. The van der Waals surface area contributed by atoms with E-state index in [1.165, 1.54) is 18.2 Å². The van der Waals surface area contributed by atoms with Gasteiger partial charge in [0.05, 0.1) is 4.90 Å².